The minimum Gasteiger partial charge on any atom is -0.481 e. The van der Waals surface area contributed by atoms with Crippen LogP contribution in [-0.4, -0.2) is 53.5 Å². The molecule has 0 rings (SSSR count). The van der Waals surface area contributed by atoms with Crippen LogP contribution in [0.15, 0.2) is 0 Å². The Kier molecular flexibility index (Phi) is 9.55. The molecule has 0 aromatic carbocycles. The van der Waals surface area contributed by atoms with Crippen LogP contribution >= 0.6 is 0 Å². The largest absolute Gasteiger partial charge is 0.481 e. The summed E-state index contributed by atoms with van der Waals surface area (Å²) in [5.41, 5.74) is -0.747. The zero-order valence-electron chi connectivity index (χ0n) is 15.3. The van der Waals surface area contributed by atoms with Crippen LogP contribution in [0.3, 0.4) is 0 Å². The van der Waals surface area contributed by atoms with Crippen molar-refractivity contribution in [2.45, 2.75) is 71.6 Å². The fourth-order valence-electron chi connectivity index (χ4n) is 1.53. The number of nitrogens with one attached hydrogen (secondary N) is 1. The van der Waals surface area contributed by atoms with Crippen LogP contribution < -0.4 is 5.32 Å². The monoisotopic (exact) mass is 361 g/mol. The average molecular weight is 361 g/mol. The summed E-state index contributed by atoms with van der Waals surface area (Å²) in [5.74, 6) is -3.23. The van der Waals surface area contributed by atoms with Gasteiger partial charge in [0.2, 0.25) is 6.10 Å². The summed E-state index contributed by atoms with van der Waals surface area (Å²) in [5, 5.41) is 11.1. The molecule has 0 radical (unpaired) electrons. The van der Waals surface area contributed by atoms with Gasteiger partial charge in [0.15, 0.2) is 0 Å². The molecule has 0 bridgehead atoms. The number of esters is 2. The number of rotatable bonds is 9. The first-order valence-corrected chi connectivity index (χ1v) is 8.04. The maximum atomic E-state index is 12.0. The normalized spacial score (nSPS) is 13.3. The van der Waals surface area contributed by atoms with Crippen molar-refractivity contribution >= 4 is 24.0 Å². The van der Waals surface area contributed by atoms with Gasteiger partial charge in [0.25, 0.3) is 0 Å². The molecule has 0 aliphatic rings. The van der Waals surface area contributed by atoms with Crippen molar-refractivity contribution in [2.24, 2.45) is 0 Å². The maximum absolute atomic E-state index is 12.0. The molecule has 0 fully saturated rings. The van der Waals surface area contributed by atoms with E-state index in [2.05, 4.69) is 5.32 Å². The van der Waals surface area contributed by atoms with Crippen LogP contribution in [-0.2, 0) is 28.6 Å². The summed E-state index contributed by atoms with van der Waals surface area (Å²) in [7, 11) is 0. The van der Waals surface area contributed by atoms with Gasteiger partial charge in [-0.05, 0) is 34.1 Å². The lowest BCUT2D eigenvalue weighted by molar-refractivity contribution is -0.171. The molecule has 144 valence electrons. The van der Waals surface area contributed by atoms with E-state index in [4.69, 9.17) is 19.3 Å². The van der Waals surface area contributed by atoms with Gasteiger partial charge < -0.3 is 24.6 Å². The summed E-state index contributed by atoms with van der Waals surface area (Å²) in [6, 6.07) is -1.13. The van der Waals surface area contributed by atoms with Gasteiger partial charge in [-0.25, -0.2) is 14.4 Å². The molecule has 0 aliphatic carbocycles. The highest BCUT2D eigenvalue weighted by Gasteiger charge is 2.30. The second-order valence-electron chi connectivity index (χ2n) is 6.41. The highest BCUT2D eigenvalue weighted by Crippen LogP contribution is 2.08. The van der Waals surface area contributed by atoms with Crippen molar-refractivity contribution in [3.05, 3.63) is 0 Å². The number of carbonyl (C=O) groups is 4. The summed E-state index contributed by atoms with van der Waals surface area (Å²) >= 11 is 0. The number of carboxylic acid groups (broad SMARTS) is 1. The molecule has 0 saturated heterocycles. The number of hydrogen-bond donors (Lipinski definition) is 2. The van der Waals surface area contributed by atoms with Crippen LogP contribution in [0.5, 0.6) is 0 Å². The molecule has 9 heteroatoms. The van der Waals surface area contributed by atoms with Gasteiger partial charge in [-0.3, -0.25) is 4.79 Å². The molecule has 0 saturated carbocycles. The van der Waals surface area contributed by atoms with Gasteiger partial charge in [-0.15, -0.1) is 0 Å². The van der Waals surface area contributed by atoms with Crippen molar-refractivity contribution in [1.82, 2.24) is 5.32 Å². The third kappa shape index (κ3) is 11.0. The van der Waals surface area contributed by atoms with E-state index in [-0.39, 0.29) is 6.61 Å². The minimum absolute atomic E-state index is 0.106. The van der Waals surface area contributed by atoms with Crippen LogP contribution in [0.2, 0.25) is 0 Å². The first kappa shape index (κ1) is 22.7. The van der Waals surface area contributed by atoms with Crippen LogP contribution in [0.4, 0.5) is 4.79 Å². The molecule has 0 aromatic heterocycles. The minimum atomic E-state index is -1.58. The number of alkyl carbamates (subject to hydrolysis) is 1. The van der Waals surface area contributed by atoms with Crippen LogP contribution in [0.25, 0.3) is 0 Å². The molecule has 9 nitrogen and oxygen atoms in total. The molecular weight excluding hydrogens is 334 g/mol. The number of aliphatic carboxylic acids is 1. The molecule has 2 N–H and O–H groups in total. The van der Waals surface area contributed by atoms with Crippen molar-refractivity contribution in [1.29, 1.82) is 0 Å². The van der Waals surface area contributed by atoms with Crippen molar-refractivity contribution in [3.63, 3.8) is 0 Å². The predicted molar refractivity (Wildman–Crippen MR) is 86.8 cm³/mol. The molecule has 25 heavy (non-hydrogen) atoms. The lowest BCUT2D eigenvalue weighted by Crippen LogP contribution is -2.44. The quantitative estimate of drug-likeness (QED) is 0.360. The van der Waals surface area contributed by atoms with Gasteiger partial charge in [0.05, 0.1) is 13.0 Å². The van der Waals surface area contributed by atoms with Gasteiger partial charge in [0.1, 0.15) is 11.6 Å². The Labute approximate surface area is 147 Å². The summed E-state index contributed by atoms with van der Waals surface area (Å²) < 4.78 is 14.8. The number of unbranched alkanes of at least 4 members (excludes halogenated alkanes) is 1. The van der Waals surface area contributed by atoms with E-state index in [0.717, 1.165) is 6.42 Å². The molecular formula is C16H27NO8. The molecule has 0 aliphatic heterocycles. The van der Waals surface area contributed by atoms with Crippen molar-refractivity contribution in [2.75, 3.05) is 6.61 Å². The van der Waals surface area contributed by atoms with E-state index in [1.165, 1.54) is 6.92 Å². The smallest absolute Gasteiger partial charge is 0.408 e. The third-order valence-corrected chi connectivity index (χ3v) is 2.71. The van der Waals surface area contributed by atoms with E-state index < -0.39 is 48.2 Å². The average Bonchev–Trinajstić information content (AvgIpc) is 2.43. The molecule has 0 aromatic rings. The van der Waals surface area contributed by atoms with Gasteiger partial charge in [-0.1, -0.05) is 13.3 Å². The van der Waals surface area contributed by atoms with Gasteiger partial charge in [-0.2, -0.15) is 0 Å². The van der Waals surface area contributed by atoms with Crippen molar-refractivity contribution in [3.8, 4) is 0 Å². The number of carbonyl (C=O) groups excluding carboxylic acids is 3. The standard InChI is InChI=1S/C16H27NO8/c1-6-7-8-23-14(21)11(9-12(18)19)24-13(20)10(2)17-15(22)25-16(3,4)5/h10-11H,6-9H2,1-5H3,(H,17,22)(H,18,19)/t10-,11+/m0/s1. The summed E-state index contributed by atoms with van der Waals surface area (Å²) in [6.07, 6.45) is -1.75. The molecule has 2 atom stereocenters. The Hall–Kier alpha value is -2.32. The van der Waals surface area contributed by atoms with Crippen LogP contribution in [0.1, 0.15) is 53.9 Å². The third-order valence-electron chi connectivity index (χ3n) is 2.71. The Bertz CT molecular complexity index is 483. The van der Waals surface area contributed by atoms with E-state index >= 15 is 0 Å². The molecule has 0 spiro atoms. The lowest BCUT2D eigenvalue weighted by Gasteiger charge is -2.22. The van der Waals surface area contributed by atoms with Crippen molar-refractivity contribution < 1.29 is 38.5 Å². The number of hydrogen-bond acceptors (Lipinski definition) is 7. The molecule has 0 heterocycles. The number of amides is 1. The first-order valence-electron chi connectivity index (χ1n) is 8.04. The van der Waals surface area contributed by atoms with E-state index in [1.807, 2.05) is 6.92 Å². The predicted octanol–water partition coefficient (Wildman–Crippen LogP) is 1.63. The Morgan fingerprint density at radius 1 is 1.12 bits per heavy atom. The summed E-state index contributed by atoms with van der Waals surface area (Å²) in [6.45, 7) is 8.30. The highest BCUT2D eigenvalue weighted by molar-refractivity contribution is 5.86. The first-order chi connectivity index (χ1) is 11.5. The Morgan fingerprint density at radius 3 is 2.20 bits per heavy atom. The second kappa shape index (κ2) is 10.5. The molecule has 1 amide bonds. The fourth-order valence-corrected chi connectivity index (χ4v) is 1.53. The van der Waals surface area contributed by atoms with E-state index in [1.54, 1.807) is 20.8 Å². The fraction of sp³-hybridized carbons (Fsp3) is 0.750. The van der Waals surface area contributed by atoms with E-state index in [0.29, 0.717) is 6.42 Å². The topological polar surface area (TPSA) is 128 Å². The molecule has 0 unspecified atom stereocenters. The Balaban J connectivity index is 4.70. The highest BCUT2D eigenvalue weighted by atomic mass is 16.6. The van der Waals surface area contributed by atoms with Gasteiger partial charge in [0, 0.05) is 0 Å². The zero-order chi connectivity index (χ0) is 19.6. The Morgan fingerprint density at radius 2 is 1.72 bits per heavy atom. The second-order valence-corrected chi connectivity index (χ2v) is 6.41. The van der Waals surface area contributed by atoms with Gasteiger partial charge >= 0.3 is 24.0 Å². The van der Waals surface area contributed by atoms with Crippen LogP contribution in [0, 0.1) is 0 Å². The van der Waals surface area contributed by atoms with E-state index in [9.17, 15) is 19.2 Å². The zero-order valence-corrected chi connectivity index (χ0v) is 15.3. The SMILES string of the molecule is CCCCOC(=O)[C@@H](CC(=O)O)OC(=O)[C@H](C)NC(=O)OC(C)(C)C. The number of ether oxygens (including phenoxy) is 3. The lowest BCUT2D eigenvalue weighted by atomic mass is 10.2. The summed E-state index contributed by atoms with van der Waals surface area (Å²) in [4.78, 5) is 46.3. The number of carboxylic acids is 1. The maximum Gasteiger partial charge on any atom is 0.408 e.